The Balaban J connectivity index is 2.32. The van der Waals surface area contributed by atoms with E-state index in [2.05, 4.69) is 62.1 Å². The molecule has 74 valence electrons. The minimum absolute atomic E-state index is 0.581. The molecule has 0 radical (unpaired) electrons. The van der Waals surface area contributed by atoms with Gasteiger partial charge < -0.3 is 4.90 Å². The molecule has 0 spiro atoms. The first-order valence-corrected chi connectivity index (χ1v) is 5.23. The minimum Gasteiger partial charge on any atom is -0.342 e. The Morgan fingerprint density at radius 3 is 2.21 bits per heavy atom. The lowest BCUT2D eigenvalue weighted by molar-refractivity contribution is 0.597. The SMILES string of the molecule is CC1=CC(C)C(C)N1c1ccccc1. The van der Waals surface area contributed by atoms with Crippen LogP contribution in [0.4, 0.5) is 5.69 Å². The standard InChI is InChI=1S/C13H17N/c1-10-9-11(2)14(12(10)3)13-7-5-4-6-8-13/h4-10,12H,1-3H3. The highest BCUT2D eigenvalue weighted by molar-refractivity contribution is 5.55. The normalized spacial score (nSPS) is 26.5. The highest BCUT2D eigenvalue weighted by atomic mass is 15.2. The molecule has 1 aliphatic heterocycles. The fourth-order valence-electron chi connectivity index (χ4n) is 2.18. The lowest BCUT2D eigenvalue weighted by Crippen LogP contribution is -2.29. The van der Waals surface area contributed by atoms with Crippen molar-refractivity contribution in [3.8, 4) is 0 Å². The largest absolute Gasteiger partial charge is 0.342 e. The Labute approximate surface area is 86.1 Å². The van der Waals surface area contributed by atoms with Crippen molar-refractivity contribution in [3.05, 3.63) is 42.1 Å². The number of para-hydroxylation sites is 1. The second-order valence-electron chi connectivity index (χ2n) is 4.11. The summed E-state index contributed by atoms with van der Waals surface area (Å²) < 4.78 is 0. The van der Waals surface area contributed by atoms with Crippen molar-refractivity contribution < 1.29 is 0 Å². The van der Waals surface area contributed by atoms with Crippen molar-refractivity contribution >= 4 is 5.69 Å². The summed E-state index contributed by atoms with van der Waals surface area (Å²) >= 11 is 0. The van der Waals surface area contributed by atoms with Crippen molar-refractivity contribution in [1.29, 1.82) is 0 Å². The van der Waals surface area contributed by atoms with Gasteiger partial charge in [-0.2, -0.15) is 0 Å². The summed E-state index contributed by atoms with van der Waals surface area (Å²) in [5.74, 6) is 0.648. The van der Waals surface area contributed by atoms with Crippen molar-refractivity contribution in [1.82, 2.24) is 0 Å². The number of allylic oxidation sites excluding steroid dienone is 1. The van der Waals surface area contributed by atoms with Crippen molar-refractivity contribution in [2.24, 2.45) is 5.92 Å². The molecular weight excluding hydrogens is 170 g/mol. The first-order chi connectivity index (χ1) is 6.70. The van der Waals surface area contributed by atoms with Crippen LogP contribution in [0, 0.1) is 5.92 Å². The first kappa shape index (κ1) is 9.32. The van der Waals surface area contributed by atoms with Crippen molar-refractivity contribution in [2.45, 2.75) is 26.8 Å². The summed E-state index contributed by atoms with van der Waals surface area (Å²) in [5, 5.41) is 0. The van der Waals surface area contributed by atoms with Gasteiger partial charge in [-0.15, -0.1) is 0 Å². The molecule has 1 aliphatic rings. The number of benzene rings is 1. The maximum atomic E-state index is 2.41. The van der Waals surface area contributed by atoms with Gasteiger partial charge in [-0.3, -0.25) is 0 Å². The van der Waals surface area contributed by atoms with Crippen LogP contribution in [-0.4, -0.2) is 6.04 Å². The van der Waals surface area contributed by atoms with Gasteiger partial charge in [0, 0.05) is 17.4 Å². The van der Waals surface area contributed by atoms with Crippen LogP contribution in [0.3, 0.4) is 0 Å². The van der Waals surface area contributed by atoms with Gasteiger partial charge in [0.25, 0.3) is 0 Å². The molecule has 0 fully saturated rings. The molecule has 1 aromatic carbocycles. The molecule has 14 heavy (non-hydrogen) atoms. The Hall–Kier alpha value is -1.24. The third kappa shape index (κ3) is 1.43. The van der Waals surface area contributed by atoms with Crippen LogP contribution in [0.5, 0.6) is 0 Å². The van der Waals surface area contributed by atoms with Crippen LogP contribution in [0.2, 0.25) is 0 Å². The Morgan fingerprint density at radius 1 is 1.07 bits per heavy atom. The molecule has 0 saturated heterocycles. The molecule has 1 nitrogen and oxygen atoms in total. The van der Waals surface area contributed by atoms with E-state index < -0.39 is 0 Å². The fraction of sp³-hybridized carbons (Fsp3) is 0.385. The van der Waals surface area contributed by atoms with Gasteiger partial charge in [-0.25, -0.2) is 0 Å². The second kappa shape index (κ2) is 3.49. The van der Waals surface area contributed by atoms with Gasteiger partial charge in [0.1, 0.15) is 0 Å². The zero-order valence-corrected chi connectivity index (χ0v) is 9.07. The summed E-state index contributed by atoms with van der Waals surface area (Å²) in [6.45, 7) is 6.74. The number of hydrogen-bond acceptors (Lipinski definition) is 1. The molecule has 0 amide bonds. The molecule has 0 aliphatic carbocycles. The molecule has 1 heterocycles. The van der Waals surface area contributed by atoms with Crippen LogP contribution < -0.4 is 4.90 Å². The molecule has 2 unspecified atom stereocenters. The average Bonchev–Trinajstić information content (AvgIpc) is 2.43. The zero-order valence-electron chi connectivity index (χ0n) is 9.07. The molecular formula is C13H17N. The monoisotopic (exact) mass is 187 g/mol. The minimum atomic E-state index is 0.581. The molecule has 0 aromatic heterocycles. The lowest BCUT2D eigenvalue weighted by Gasteiger charge is -2.27. The maximum Gasteiger partial charge on any atom is 0.0410 e. The summed E-state index contributed by atoms with van der Waals surface area (Å²) in [7, 11) is 0. The summed E-state index contributed by atoms with van der Waals surface area (Å²) in [6, 6.07) is 11.2. The number of nitrogens with zero attached hydrogens (tertiary/aromatic N) is 1. The van der Waals surface area contributed by atoms with Crippen LogP contribution in [0.15, 0.2) is 42.1 Å². The van der Waals surface area contributed by atoms with E-state index in [-0.39, 0.29) is 0 Å². The predicted molar refractivity (Wildman–Crippen MR) is 61.3 cm³/mol. The molecule has 0 saturated carbocycles. The highest BCUT2D eigenvalue weighted by Gasteiger charge is 2.26. The molecule has 0 N–H and O–H groups in total. The van der Waals surface area contributed by atoms with E-state index in [4.69, 9.17) is 0 Å². The number of anilines is 1. The van der Waals surface area contributed by atoms with E-state index in [0.29, 0.717) is 12.0 Å². The maximum absolute atomic E-state index is 2.41. The predicted octanol–water partition coefficient (Wildman–Crippen LogP) is 3.44. The fourth-order valence-corrected chi connectivity index (χ4v) is 2.18. The van der Waals surface area contributed by atoms with Crippen molar-refractivity contribution in [3.63, 3.8) is 0 Å². The summed E-state index contributed by atoms with van der Waals surface area (Å²) in [5.41, 5.74) is 2.68. The lowest BCUT2D eigenvalue weighted by atomic mass is 10.1. The van der Waals surface area contributed by atoms with Gasteiger partial charge in [-0.05, 0) is 31.9 Å². The Morgan fingerprint density at radius 2 is 1.71 bits per heavy atom. The van der Waals surface area contributed by atoms with E-state index in [9.17, 15) is 0 Å². The molecule has 1 heteroatoms. The summed E-state index contributed by atoms with van der Waals surface area (Å²) in [4.78, 5) is 2.41. The van der Waals surface area contributed by atoms with Gasteiger partial charge in [0.2, 0.25) is 0 Å². The number of hydrogen-bond donors (Lipinski definition) is 0. The molecule has 2 atom stereocenters. The summed E-state index contributed by atoms with van der Waals surface area (Å²) in [6.07, 6.45) is 2.34. The van der Waals surface area contributed by atoms with E-state index >= 15 is 0 Å². The third-order valence-corrected chi connectivity index (χ3v) is 3.09. The van der Waals surface area contributed by atoms with Gasteiger partial charge >= 0.3 is 0 Å². The smallest absolute Gasteiger partial charge is 0.0410 e. The topological polar surface area (TPSA) is 3.24 Å². The second-order valence-corrected chi connectivity index (χ2v) is 4.11. The van der Waals surface area contributed by atoms with E-state index in [1.807, 2.05) is 0 Å². The van der Waals surface area contributed by atoms with Gasteiger partial charge in [-0.1, -0.05) is 31.2 Å². The van der Waals surface area contributed by atoms with Crippen molar-refractivity contribution in [2.75, 3.05) is 4.90 Å². The van der Waals surface area contributed by atoms with Crippen LogP contribution in [0.1, 0.15) is 20.8 Å². The molecule has 1 aromatic rings. The Kier molecular flexibility index (Phi) is 2.32. The van der Waals surface area contributed by atoms with Gasteiger partial charge in [0.05, 0.1) is 0 Å². The first-order valence-electron chi connectivity index (χ1n) is 5.23. The van der Waals surface area contributed by atoms with Crippen LogP contribution >= 0.6 is 0 Å². The highest BCUT2D eigenvalue weighted by Crippen LogP contribution is 2.31. The number of rotatable bonds is 1. The third-order valence-electron chi connectivity index (χ3n) is 3.09. The van der Waals surface area contributed by atoms with Crippen LogP contribution in [-0.2, 0) is 0 Å². The van der Waals surface area contributed by atoms with E-state index in [0.717, 1.165) is 0 Å². The van der Waals surface area contributed by atoms with E-state index in [1.165, 1.54) is 11.4 Å². The molecule has 0 bridgehead atoms. The quantitative estimate of drug-likeness (QED) is 0.651. The zero-order chi connectivity index (χ0) is 10.1. The average molecular weight is 187 g/mol. The van der Waals surface area contributed by atoms with Gasteiger partial charge in [0.15, 0.2) is 0 Å². The molecule has 2 rings (SSSR count). The Bertz CT molecular complexity index is 340. The van der Waals surface area contributed by atoms with E-state index in [1.54, 1.807) is 0 Å². The van der Waals surface area contributed by atoms with Crippen LogP contribution in [0.25, 0.3) is 0 Å².